The predicted octanol–water partition coefficient (Wildman–Crippen LogP) is 0.782. The maximum atomic E-state index is 10.8. The number of hydrogen-bond donors (Lipinski definition) is 1. The minimum absolute atomic E-state index is 0. The Balaban J connectivity index is 0.00000112. The normalized spacial score (nSPS) is 9.33. The second-order valence-electron chi connectivity index (χ2n) is 2.50. The van der Waals surface area contributed by atoms with Crippen LogP contribution < -0.4 is 0 Å². The van der Waals surface area contributed by atoms with Crippen molar-refractivity contribution in [1.82, 2.24) is 19.5 Å². The maximum absolute atomic E-state index is 10.8. The third-order valence-corrected chi connectivity index (χ3v) is 1.63. The molecule has 78 valence electrons. The van der Waals surface area contributed by atoms with Crippen molar-refractivity contribution in [2.45, 2.75) is 0 Å². The van der Waals surface area contributed by atoms with Crippen LogP contribution in [0.2, 0.25) is 0 Å². The molecule has 0 saturated heterocycles. The second kappa shape index (κ2) is 4.52. The monoisotopic (exact) mass is 226 g/mol. The van der Waals surface area contributed by atoms with Crippen molar-refractivity contribution in [3.05, 3.63) is 36.8 Å². The van der Waals surface area contributed by atoms with Crippen LogP contribution >= 0.6 is 12.4 Å². The van der Waals surface area contributed by atoms with Gasteiger partial charge in [0.15, 0.2) is 11.5 Å². The summed E-state index contributed by atoms with van der Waals surface area (Å²) in [7, 11) is 0. The molecule has 0 bridgehead atoms. The Morgan fingerprint density at radius 3 is 2.60 bits per heavy atom. The molecule has 0 saturated carbocycles. The molecule has 2 aromatic heterocycles. The lowest BCUT2D eigenvalue weighted by Gasteiger charge is -2.02. The molecule has 0 spiro atoms. The fourth-order valence-electron chi connectivity index (χ4n) is 1.05. The molecule has 6 nitrogen and oxygen atoms in total. The first-order valence-corrected chi connectivity index (χ1v) is 3.81. The Labute approximate surface area is 91.0 Å². The Bertz CT molecular complexity index is 457. The van der Waals surface area contributed by atoms with Crippen LogP contribution in [0.15, 0.2) is 31.1 Å². The number of carbonyl (C=O) groups is 1. The predicted molar refractivity (Wildman–Crippen MR) is 53.4 cm³/mol. The molecule has 0 fully saturated rings. The topological polar surface area (TPSA) is 80.9 Å². The molecule has 0 aliphatic heterocycles. The van der Waals surface area contributed by atoms with Gasteiger partial charge in [-0.15, -0.1) is 12.4 Å². The summed E-state index contributed by atoms with van der Waals surface area (Å²) in [6, 6.07) is 0. The van der Waals surface area contributed by atoms with E-state index in [0.29, 0.717) is 0 Å². The molecule has 0 atom stereocenters. The van der Waals surface area contributed by atoms with Crippen LogP contribution in [0.25, 0.3) is 5.82 Å². The zero-order valence-electron chi connectivity index (χ0n) is 7.44. The van der Waals surface area contributed by atoms with E-state index >= 15 is 0 Å². The molecule has 0 aromatic carbocycles. The average molecular weight is 227 g/mol. The van der Waals surface area contributed by atoms with E-state index in [1.54, 1.807) is 12.4 Å². The van der Waals surface area contributed by atoms with E-state index in [0.717, 1.165) is 0 Å². The zero-order chi connectivity index (χ0) is 9.97. The van der Waals surface area contributed by atoms with Gasteiger partial charge in [0.25, 0.3) is 0 Å². The van der Waals surface area contributed by atoms with Crippen molar-refractivity contribution in [3.63, 3.8) is 0 Å². The van der Waals surface area contributed by atoms with E-state index < -0.39 is 5.97 Å². The minimum atomic E-state index is -1.11. The lowest BCUT2D eigenvalue weighted by atomic mass is 10.4. The quantitative estimate of drug-likeness (QED) is 0.819. The molecule has 2 aromatic rings. The molecule has 0 unspecified atom stereocenters. The van der Waals surface area contributed by atoms with E-state index in [1.165, 1.54) is 23.3 Å². The number of imidazole rings is 1. The van der Waals surface area contributed by atoms with Gasteiger partial charge in [-0.2, -0.15) is 0 Å². The van der Waals surface area contributed by atoms with Gasteiger partial charge in [-0.3, -0.25) is 4.57 Å². The Morgan fingerprint density at radius 1 is 1.27 bits per heavy atom. The highest BCUT2D eigenvalue weighted by Crippen LogP contribution is 2.07. The molecule has 2 rings (SSSR count). The van der Waals surface area contributed by atoms with Gasteiger partial charge >= 0.3 is 5.97 Å². The maximum Gasteiger partial charge on any atom is 0.358 e. The molecular weight excluding hydrogens is 220 g/mol. The van der Waals surface area contributed by atoms with Crippen molar-refractivity contribution in [3.8, 4) is 5.82 Å². The van der Waals surface area contributed by atoms with E-state index in [-0.39, 0.29) is 23.9 Å². The lowest BCUT2D eigenvalue weighted by Crippen LogP contribution is -2.08. The van der Waals surface area contributed by atoms with Crippen LogP contribution in [0.1, 0.15) is 10.5 Å². The summed E-state index contributed by atoms with van der Waals surface area (Å²) in [6.45, 7) is 0. The first-order valence-electron chi connectivity index (χ1n) is 3.81. The number of aromatic nitrogens is 4. The van der Waals surface area contributed by atoms with E-state index in [4.69, 9.17) is 5.11 Å². The summed E-state index contributed by atoms with van der Waals surface area (Å²) >= 11 is 0. The van der Waals surface area contributed by atoms with Gasteiger partial charge in [0.05, 0.1) is 0 Å². The standard InChI is InChI=1S/C8H6N4O2.ClH/c13-8(14)6-7(11-2-1-10-6)12-4-3-9-5-12;/h1-5H,(H,13,14);1H. The summed E-state index contributed by atoms with van der Waals surface area (Å²) in [4.78, 5) is 22.2. The van der Waals surface area contributed by atoms with Gasteiger partial charge in [0.2, 0.25) is 0 Å². The van der Waals surface area contributed by atoms with Crippen LogP contribution in [-0.4, -0.2) is 30.6 Å². The molecule has 2 heterocycles. The van der Waals surface area contributed by atoms with Gasteiger partial charge < -0.3 is 5.11 Å². The molecule has 0 aliphatic carbocycles. The molecule has 0 aliphatic rings. The fourth-order valence-corrected chi connectivity index (χ4v) is 1.05. The van der Waals surface area contributed by atoms with Crippen molar-refractivity contribution in [2.75, 3.05) is 0 Å². The highest BCUT2D eigenvalue weighted by molar-refractivity contribution is 5.88. The number of halogens is 1. The molecule has 15 heavy (non-hydrogen) atoms. The van der Waals surface area contributed by atoms with Gasteiger partial charge in [-0.1, -0.05) is 0 Å². The third kappa shape index (κ3) is 2.10. The van der Waals surface area contributed by atoms with Crippen molar-refractivity contribution in [1.29, 1.82) is 0 Å². The van der Waals surface area contributed by atoms with Gasteiger partial charge in [0.1, 0.15) is 6.33 Å². The average Bonchev–Trinajstić information content (AvgIpc) is 2.70. The molecule has 0 amide bonds. The Kier molecular flexibility index (Phi) is 3.35. The first kappa shape index (κ1) is 11.1. The van der Waals surface area contributed by atoms with Gasteiger partial charge in [-0.05, 0) is 0 Å². The summed E-state index contributed by atoms with van der Waals surface area (Å²) < 4.78 is 1.50. The van der Waals surface area contributed by atoms with Gasteiger partial charge in [0, 0.05) is 24.8 Å². The third-order valence-electron chi connectivity index (χ3n) is 1.63. The second-order valence-corrected chi connectivity index (χ2v) is 2.50. The lowest BCUT2D eigenvalue weighted by molar-refractivity contribution is 0.0690. The molecule has 7 heteroatoms. The van der Waals surface area contributed by atoms with E-state index in [1.807, 2.05) is 0 Å². The SMILES string of the molecule is Cl.O=C(O)c1nccnc1-n1ccnc1. The van der Waals surface area contributed by atoms with E-state index in [9.17, 15) is 4.79 Å². The molecular formula is C8H7ClN4O2. The zero-order valence-corrected chi connectivity index (χ0v) is 8.26. The Morgan fingerprint density at radius 2 is 2.00 bits per heavy atom. The largest absolute Gasteiger partial charge is 0.476 e. The van der Waals surface area contributed by atoms with Crippen LogP contribution in [0.5, 0.6) is 0 Å². The summed E-state index contributed by atoms with van der Waals surface area (Å²) in [5.74, 6) is -0.848. The van der Waals surface area contributed by atoms with Crippen molar-refractivity contribution < 1.29 is 9.90 Å². The highest BCUT2D eigenvalue weighted by Gasteiger charge is 2.13. The summed E-state index contributed by atoms with van der Waals surface area (Å²) in [5, 5.41) is 8.83. The summed E-state index contributed by atoms with van der Waals surface area (Å²) in [5.41, 5.74) is -0.0921. The van der Waals surface area contributed by atoms with E-state index in [2.05, 4.69) is 15.0 Å². The van der Waals surface area contributed by atoms with Crippen molar-refractivity contribution in [2.24, 2.45) is 0 Å². The van der Waals surface area contributed by atoms with Crippen LogP contribution in [0.4, 0.5) is 0 Å². The van der Waals surface area contributed by atoms with Crippen molar-refractivity contribution >= 4 is 18.4 Å². The van der Waals surface area contributed by atoms with Crippen LogP contribution in [0.3, 0.4) is 0 Å². The van der Waals surface area contributed by atoms with Gasteiger partial charge in [-0.25, -0.2) is 19.7 Å². The van der Waals surface area contributed by atoms with Crippen LogP contribution in [0, 0.1) is 0 Å². The number of nitrogens with zero attached hydrogens (tertiary/aromatic N) is 4. The number of carboxylic acid groups (broad SMARTS) is 1. The minimum Gasteiger partial charge on any atom is -0.476 e. The number of carboxylic acids is 1. The summed E-state index contributed by atoms with van der Waals surface area (Å²) in [6.07, 6.45) is 7.39. The smallest absolute Gasteiger partial charge is 0.358 e. The number of rotatable bonds is 2. The first-order chi connectivity index (χ1) is 6.79. The molecule has 0 radical (unpaired) electrons. The molecule has 1 N–H and O–H groups in total. The highest BCUT2D eigenvalue weighted by atomic mass is 35.5. The Hall–Kier alpha value is -1.95. The number of hydrogen-bond acceptors (Lipinski definition) is 4. The number of aromatic carboxylic acids is 1. The van der Waals surface area contributed by atoms with Crippen LogP contribution in [-0.2, 0) is 0 Å². The fraction of sp³-hybridized carbons (Fsp3) is 0.